The summed E-state index contributed by atoms with van der Waals surface area (Å²) in [5, 5.41) is 9.77. The number of amides is 1. The van der Waals surface area contributed by atoms with Gasteiger partial charge in [0.1, 0.15) is 5.82 Å². The number of carbonyl (C=O) groups excluding carboxylic acids is 1. The van der Waals surface area contributed by atoms with E-state index in [2.05, 4.69) is 70.2 Å². The van der Waals surface area contributed by atoms with E-state index in [1.165, 1.54) is 35.7 Å². The minimum Gasteiger partial charge on any atom is -0.342 e. The summed E-state index contributed by atoms with van der Waals surface area (Å²) in [6.45, 7) is 3.85. The van der Waals surface area contributed by atoms with Gasteiger partial charge in [-0.15, -0.1) is 10.2 Å². The lowest BCUT2D eigenvalue weighted by molar-refractivity contribution is -0.128. The maximum Gasteiger partial charge on any atom is 0.233 e. The molecule has 0 atom stereocenters. The number of rotatable bonds is 7. The predicted molar refractivity (Wildman–Crippen MR) is 126 cm³/mol. The normalized spacial score (nSPS) is 14.4. The summed E-state index contributed by atoms with van der Waals surface area (Å²) < 4.78 is 2.12. The van der Waals surface area contributed by atoms with Crippen LogP contribution in [0.5, 0.6) is 0 Å². The molecule has 1 aromatic heterocycles. The number of nitrogens with zero attached hydrogens (tertiary/aromatic N) is 4. The highest BCUT2D eigenvalue weighted by molar-refractivity contribution is 7.99. The van der Waals surface area contributed by atoms with Gasteiger partial charge in [-0.1, -0.05) is 67.1 Å². The van der Waals surface area contributed by atoms with Crippen molar-refractivity contribution in [3.05, 3.63) is 71.5 Å². The molecule has 0 radical (unpaired) electrons. The molecule has 162 valence electrons. The molecule has 1 saturated heterocycles. The second-order valence-electron chi connectivity index (χ2n) is 8.14. The molecule has 0 unspecified atom stereocenters. The fourth-order valence-electron chi connectivity index (χ4n) is 4.02. The smallest absolute Gasteiger partial charge is 0.233 e. The van der Waals surface area contributed by atoms with E-state index in [0.29, 0.717) is 5.75 Å². The van der Waals surface area contributed by atoms with Crippen molar-refractivity contribution >= 4 is 17.7 Å². The Morgan fingerprint density at radius 2 is 1.71 bits per heavy atom. The van der Waals surface area contributed by atoms with E-state index in [0.717, 1.165) is 55.4 Å². The minimum absolute atomic E-state index is 0.205. The molecule has 1 amide bonds. The van der Waals surface area contributed by atoms with E-state index in [-0.39, 0.29) is 5.91 Å². The molecule has 1 aliphatic rings. The second kappa shape index (κ2) is 10.6. The van der Waals surface area contributed by atoms with Gasteiger partial charge in [0, 0.05) is 25.2 Å². The SMILES string of the molecule is Cc1cccc(-n2c(CCc3ccccc3)nnc2SCC(=O)N2CCCCCC2)c1. The zero-order valence-corrected chi connectivity index (χ0v) is 19.0. The minimum atomic E-state index is 0.205. The van der Waals surface area contributed by atoms with E-state index in [4.69, 9.17) is 0 Å². The van der Waals surface area contributed by atoms with E-state index >= 15 is 0 Å². The topological polar surface area (TPSA) is 51.0 Å². The molecular formula is C25H30N4OS. The van der Waals surface area contributed by atoms with E-state index in [1.807, 2.05) is 11.0 Å². The van der Waals surface area contributed by atoms with E-state index < -0.39 is 0 Å². The van der Waals surface area contributed by atoms with Crippen molar-refractivity contribution in [2.75, 3.05) is 18.8 Å². The van der Waals surface area contributed by atoms with Crippen molar-refractivity contribution in [1.82, 2.24) is 19.7 Å². The largest absolute Gasteiger partial charge is 0.342 e. The van der Waals surface area contributed by atoms with Crippen LogP contribution in [0.25, 0.3) is 5.69 Å². The molecule has 1 fully saturated rings. The number of aromatic nitrogens is 3. The molecule has 3 aromatic rings. The average Bonchev–Trinajstić information content (AvgIpc) is 3.00. The van der Waals surface area contributed by atoms with Crippen LogP contribution in [0.4, 0.5) is 0 Å². The summed E-state index contributed by atoms with van der Waals surface area (Å²) in [5.74, 6) is 1.54. The molecule has 6 heteroatoms. The third kappa shape index (κ3) is 5.76. The van der Waals surface area contributed by atoms with Crippen LogP contribution < -0.4 is 0 Å². The lowest BCUT2D eigenvalue weighted by Crippen LogP contribution is -2.33. The Hall–Kier alpha value is -2.60. The van der Waals surface area contributed by atoms with Crippen LogP contribution in [-0.4, -0.2) is 44.4 Å². The fraction of sp³-hybridized carbons (Fsp3) is 0.400. The first kappa shape index (κ1) is 21.6. The summed E-state index contributed by atoms with van der Waals surface area (Å²) in [6.07, 6.45) is 6.37. The van der Waals surface area contributed by atoms with Crippen molar-refractivity contribution < 1.29 is 4.79 Å². The molecule has 2 heterocycles. The van der Waals surface area contributed by atoms with Crippen molar-refractivity contribution in [3.8, 4) is 5.69 Å². The van der Waals surface area contributed by atoms with Crippen molar-refractivity contribution in [2.45, 2.75) is 50.6 Å². The predicted octanol–water partition coefficient (Wildman–Crippen LogP) is 4.86. The number of hydrogen-bond acceptors (Lipinski definition) is 4. The summed E-state index contributed by atoms with van der Waals surface area (Å²) in [7, 11) is 0. The molecule has 31 heavy (non-hydrogen) atoms. The maximum absolute atomic E-state index is 12.8. The van der Waals surface area contributed by atoms with Crippen molar-refractivity contribution in [3.63, 3.8) is 0 Å². The van der Waals surface area contributed by atoms with Gasteiger partial charge in [-0.05, 0) is 49.4 Å². The van der Waals surface area contributed by atoms with Crippen LogP contribution >= 0.6 is 11.8 Å². The molecule has 0 bridgehead atoms. The second-order valence-corrected chi connectivity index (χ2v) is 9.08. The first-order chi connectivity index (χ1) is 15.2. The van der Waals surface area contributed by atoms with Gasteiger partial charge in [0.25, 0.3) is 0 Å². The van der Waals surface area contributed by atoms with Crippen molar-refractivity contribution in [1.29, 1.82) is 0 Å². The number of likely N-dealkylation sites (tertiary alicyclic amines) is 1. The van der Waals surface area contributed by atoms with Crippen LogP contribution in [0.15, 0.2) is 59.8 Å². The van der Waals surface area contributed by atoms with Gasteiger partial charge in [-0.3, -0.25) is 9.36 Å². The standard InChI is InChI=1S/C25H30N4OS/c1-20-10-9-13-22(18-20)29-23(15-14-21-11-5-4-6-12-21)26-27-25(29)31-19-24(30)28-16-7-2-3-8-17-28/h4-6,9-13,18H,2-3,7-8,14-17,19H2,1H3. The third-order valence-corrected chi connectivity index (χ3v) is 6.64. The zero-order valence-electron chi connectivity index (χ0n) is 18.2. The lowest BCUT2D eigenvalue weighted by Gasteiger charge is -2.20. The zero-order chi connectivity index (χ0) is 21.5. The third-order valence-electron chi connectivity index (χ3n) is 5.72. The highest BCUT2D eigenvalue weighted by atomic mass is 32.2. The van der Waals surface area contributed by atoms with Gasteiger partial charge < -0.3 is 4.90 Å². The Morgan fingerprint density at radius 1 is 0.935 bits per heavy atom. The van der Waals surface area contributed by atoms with Crippen LogP contribution in [0, 0.1) is 6.92 Å². The molecular weight excluding hydrogens is 404 g/mol. The summed E-state index contributed by atoms with van der Waals surface area (Å²) in [6, 6.07) is 18.8. The lowest BCUT2D eigenvalue weighted by atomic mass is 10.1. The highest BCUT2D eigenvalue weighted by Crippen LogP contribution is 2.24. The first-order valence-corrected chi connectivity index (χ1v) is 12.1. The summed E-state index contributed by atoms with van der Waals surface area (Å²) in [5.41, 5.74) is 3.53. The van der Waals surface area contributed by atoms with Crippen LogP contribution in [0.1, 0.15) is 42.6 Å². The number of aryl methyl sites for hydroxylation is 3. The van der Waals surface area contributed by atoms with E-state index in [1.54, 1.807) is 0 Å². The Balaban J connectivity index is 1.52. The van der Waals surface area contributed by atoms with Crippen LogP contribution in [0.3, 0.4) is 0 Å². The van der Waals surface area contributed by atoms with Gasteiger partial charge in [0.05, 0.1) is 5.75 Å². The van der Waals surface area contributed by atoms with Gasteiger partial charge in [0.2, 0.25) is 5.91 Å². The van der Waals surface area contributed by atoms with Crippen molar-refractivity contribution in [2.24, 2.45) is 0 Å². The van der Waals surface area contributed by atoms with Gasteiger partial charge in [-0.25, -0.2) is 0 Å². The first-order valence-electron chi connectivity index (χ1n) is 11.2. The van der Waals surface area contributed by atoms with Gasteiger partial charge in [0.15, 0.2) is 5.16 Å². The van der Waals surface area contributed by atoms with E-state index in [9.17, 15) is 4.79 Å². The Morgan fingerprint density at radius 3 is 2.45 bits per heavy atom. The molecule has 5 nitrogen and oxygen atoms in total. The molecule has 4 rings (SSSR count). The molecule has 0 aliphatic carbocycles. The number of hydrogen-bond donors (Lipinski definition) is 0. The quantitative estimate of drug-likeness (QED) is 0.499. The maximum atomic E-state index is 12.8. The van der Waals surface area contributed by atoms with Gasteiger partial charge >= 0.3 is 0 Å². The van der Waals surface area contributed by atoms with Crippen LogP contribution in [0.2, 0.25) is 0 Å². The number of carbonyl (C=O) groups is 1. The summed E-state index contributed by atoms with van der Waals surface area (Å²) in [4.78, 5) is 14.8. The molecule has 2 aromatic carbocycles. The molecule has 0 spiro atoms. The molecule has 0 N–H and O–H groups in total. The van der Waals surface area contributed by atoms with Gasteiger partial charge in [-0.2, -0.15) is 0 Å². The number of benzene rings is 2. The Kier molecular flexibility index (Phi) is 7.41. The monoisotopic (exact) mass is 434 g/mol. The molecule has 0 saturated carbocycles. The Bertz CT molecular complexity index is 994. The van der Waals surface area contributed by atoms with Crippen LogP contribution in [-0.2, 0) is 17.6 Å². The Labute approximate surface area is 188 Å². The highest BCUT2D eigenvalue weighted by Gasteiger charge is 2.19. The number of thioether (sulfide) groups is 1. The fourth-order valence-corrected chi connectivity index (χ4v) is 4.89. The average molecular weight is 435 g/mol. The molecule has 1 aliphatic heterocycles. The summed E-state index contributed by atoms with van der Waals surface area (Å²) >= 11 is 1.50.